The van der Waals surface area contributed by atoms with Crippen LogP contribution in [0.5, 0.6) is 0 Å². The third-order valence-corrected chi connectivity index (χ3v) is 6.29. The van der Waals surface area contributed by atoms with E-state index in [1.165, 1.54) is 7.11 Å². The number of hydrogen-bond donors (Lipinski definition) is 1. The lowest BCUT2D eigenvalue weighted by Gasteiger charge is -2.39. The maximum atomic E-state index is 12.4. The van der Waals surface area contributed by atoms with Crippen molar-refractivity contribution in [1.29, 1.82) is 0 Å². The second kappa shape index (κ2) is 8.44. The lowest BCUT2D eigenvalue weighted by atomic mass is 9.76. The predicted octanol–water partition coefficient (Wildman–Crippen LogP) is 3.91. The van der Waals surface area contributed by atoms with Crippen molar-refractivity contribution in [1.82, 2.24) is 14.9 Å². The first-order chi connectivity index (χ1) is 15.7. The Kier molecular flexibility index (Phi) is 5.33. The number of carbonyl (C=O) groups excluding carboxylic acids is 1. The fraction of sp³-hybridized carbons (Fsp3) is 0.185. The van der Waals surface area contributed by atoms with Gasteiger partial charge in [-0.2, -0.15) is 0 Å². The molecular weight excluding hydrogens is 398 g/mol. The largest absolute Gasteiger partial charge is 0.468 e. The molecule has 5 heteroatoms. The third-order valence-electron chi connectivity index (χ3n) is 6.29. The van der Waals surface area contributed by atoms with E-state index in [9.17, 15) is 4.79 Å². The Morgan fingerprint density at radius 2 is 1.41 bits per heavy atom. The fourth-order valence-corrected chi connectivity index (χ4v) is 4.81. The third kappa shape index (κ3) is 3.22. The van der Waals surface area contributed by atoms with Gasteiger partial charge in [0.25, 0.3) is 0 Å². The van der Waals surface area contributed by atoms with E-state index < -0.39 is 11.6 Å². The van der Waals surface area contributed by atoms with E-state index in [2.05, 4.69) is 82.7 Å². The summed E-state index contributed by atoms with van der Waals surface area (Å²) in [7, 11) is 1.43. The molecule has 5 nitrogen and oxygen atoms in total. The van der Waals surface area contributed by atoms with E-state index in [0.717, 1.165) is 28.1 Å². The van der Waals surface area contributed by atoms with Gasteiger partial charge in [0, 0.05) is 18.7 Å². The molecule has 0 amide bonds. The van der Waals surface area contributed by atoms with Crippen molar-refractivity contribution < 1.29 is 9.53 Å². The van der Waals surface area contributed by atoms with Crippen LogP contribution in [0, 0.1) is 0 Å². The molecule has 0 radical (unpaired) electrons. The minimum Gasteiger partial charge on any atom is -0.468 e. The monoisotopic (exact) mass is 423 g/mol. The molecule has 0 saturated carbocycles. The number of ether oxygens (including phenoxy) is 1. The van der Waals surface area contributed by atoms with Gasteiger partial charge in [0.05, 0.1) is 19.1 Å². The predicted molar refractivity (Wildman–Crippen MR) is 123 cm³/mol. The van der Waals surface area contributed by atoms with Crippen molar-refractivity contribution in [3.63, 3.8) is 0 Å². The van der Waals surface area contributed by atoms with Crippen molar-refractivity contribution in [2.45, 2.75) is 24.5 Å². The number of aromatic nitrogens is 2. The van der Waals surface area contributed by atoms with Gasteiger partial charge in [0.2, 0.25) is 0 Å². The Bertz CT molecular complexity index is 1110. The first kappa shape index (κ1) is 20.2. The molecule has 0 saturated heterocycles. The number of hydrogen-bond acceptors (Lipinski definition) is 4. The number of rotatable bonds is 5. The zero-order valence-corrected chi connectivity index (χ0v) is 17.9. The molecule has 4 aromatic rings. The van der Waals surface area contributed by atoms with Crippen LogP contribution in [-0.4, -0.2) is 28.7 Å². The highest BCUT2D eigenvalue weighted by atomic mass is 16.5. The zero-order valence-electron chi connectivity index (χ0n) is 17.9. The van der Waals surface area contributed by atoms with Crippen LogP contribution < -0.4 is 5.32 Å². The van der Waals surface area contributed by atoms with E-state index in [-0.39, 0.29) is 5.97 Å². The number of nitrogens with zero attached hydrogens (tertiary/aromatic N) is 2. The molecule has 0 aliphatic carbocycles. The molecule has 32 heavy (non-hydrogen) atoms. The van der Waals surface area contributed by atoms with Gasteiger partial charge in [0.1, 0.15) is 11.6 Å². The van der Waals surface area contributed by atoms with Crippen LogP contribution >= 0.6 is 0 Å². The quantitative estimate of drug-likeness (QED) is 0.391. The second-order valence-corrected chi connectivity index (χ2v) is 7.98. The molecule has 1 aromatic heterocycles. The number of methoxy groups -OCH3 is 1. The van der Waals surface area contributed by atoms with Crippen molar-refractivity contribution in [3.05, 3.63) is 125 Å². The van der Waals surface area contributed by atoms with E-state index in [4.69, 9.17) is 9.72 Å². The van der Waals surface area contributed by atoms with Gasteiger partial charge < -0.3 is 9.30 Å². The van der Waals surface area contributed by atoms with E-state index in [1.54, 1.807) is 0 Å². The highest BCUT2D eigenvalue weighted by molar-refractivity contribution is 5.76. The van der Waals surface area contributed by atoms with Crippen LogP contribution in [0.15, 0.2) is 97.3 Å². The first-order valence-corrected chi connectivity index (χ1v) is 10.8. The Balaban J connectivity index is 1.82. The summed E-state index contributed by atoms with van der Waals surface area (Å²) in [5.41, 5.74) is 4.75. The van der Waals surface area contributed by atoms with Crippen LogP contribution in [0.4, 0.5) is 0 Å². The highest BCUT2D eigenvalue weighted by Crippen LogP contribution is 2.42. The minimum atomic E-state index is -0.637. The van der Waals surface area contributed by atoms with Gasteiger partial charge in [-0.3, -0.25) is 10.1 Å². The molecule has 0 fully saturated rings. The Labute approximate surface area is 187 Å². The number of fused-ring (bicyclic) bond motifs is 1. The molecular formula is C27H25N3O2. The summed E-state index contributed by atoms with van der Waals surface area (Å²) >= 11 is 0. The van der Waals surface area contributed by atoms with E-state index in [0.29, 0.717) is 13.0 Å². The number of benzene rings is 3. The smallest absolute Gasteiger partial charge is 0.323 e. The summed E-state index contributed by atoms with van der Waals surface area (Å²) in [5.74, 6) is -0.256. The molecule has 1 atom stereocenters. The molecule has 0 spiro atoms. The van der Waals surface area contributed by atoms with Crippen LogP contribution in [-0.2, 0) is 28.0 Å². The Morgan fingerprint density at radius 3 is 1.88 bits per heavy atom. The SMILES string of the molecule is COC(=O)[C@@H]1Cc2c(ncn2C(c2ccccc2)(c2ccccc2)c2ccccc2)CN1. The number of nitrogens with one attached hydrogen (secondary N) is 1. The van der Waals surface area contributed by atoms with Gasteiger partial charge in [0.15, 0.2) is 0 Å². The fourth-order valence-electron chi connectivity index (χ4n) is 4.81. The molecule has 1 N–H and O–H groups in total. The lowest BCUT2D eigenvalue weighted by Crippen LogP contribution is -2.45. The summed E-state index contributed by atoms with van der Waals surface area (Å²) in [5, 5.41) is 3.26. The van der Waals surface area contributed by atoms with Crippen LogP contribution in [0.2, 0.25) is 0 Å². The molecule has 1 aliphatic heterocycles. The average molecular weight is 424 g/mol. The summed E-state index contributed by atoms with van der Waals surface area (Å²) < 4.78 is 7.28. The maximum absolute atomic E-state index is 12.4. The summed E-state index contributed by atoms with van der Waals surface area (Å²) in [4.78, 5) is 17.1. The lowest BCUT2D eigenvalue weighted by molar-refractivity contribution is -0.143. The zero-order chi connectivity index (χ0) is 22.0. The normalized spacial score (nSPS) is 15.7. The number of imidazole rings is 1. The van der Waals surface area contributed by atoms with Gasteiger partial charge >= 0.3 is 5.97 Å². The van der Waals surface area contributed by atoms with Gasteiger partial charge in [-0.25, -0.2) is 4.98 Å². The highest BCUT2D eigenvalue weighted by Gasteiger charge is 2.41. The Morgan fingerprint density at radius 1 is 0.906 bits per heavy atom. The first-order valence-electron chi connectivity index (χ1n) is 10.8. The maximum Gasteiger partial charge on any atom is 0.323 e. The summed E-state index contributed by atoms with van der Waals surface area (Å²) in [6, 6.07) is 31.1. The molecule has 160 valence electrons. The standard InChI is InChI=1S/C27H25N3O2/c1-32-26(31)23-17-25-24(18-28-23)29-19-30(25)27(20-11-5-2-6-12-20,21-13-7-3-8-14-21)22-15-9-4-10-16-22/h2-16,19,23,28H,17-18H2,1H3/t23-/m0/s1. The van der Waals surface area contributed by atoms with Crippen molar-refractivity contribution in [2.24, 2.45) is 0 Å². The molecule has 1 aliphatic rings. The number of esters is 1. The summed E-state index contributed by atoms with van der Waals surface area (Å²) in [6.07, 6.45) is 2.43. The van der Waals surface area contributed by atoms with Crippen molar-refractivity contribution in [3.8, 4) is 0 Å². The summed E-state index contributed by atoms with van der Waals surface area (Å²) in [6.45, 7) is 0.524. The molecule has 3 aromatic carbocycles. The van der Waals surface area contributed by atoms with Crippen LogP contribution in [0.3, 0.4) is 0 Å². The van der Waals surface area contributed by atoms with Crippen LogP contribution in [0.25, 0.3) is 0 Å². The van der Waals surface area contributed by atoms with Gasteiger partial charge in [-0.1, -0.05) is 91.0 Å². The number of carbonyl (C=O) groups is 1. The minimum absolute atomic E-state index is 0.256. The Hall–Kier alpha value is -3.70. The van der Waals surface area contributed by atoms with Crippen molar-refractivity contribution in [2.75, 3.05) is 7.11 Å². The molecule has 0 bridgehead atoms. The second-order valence-electron chi connectivity index (χ2n) is 7.98. The topological polar surface area (TPSA) is 56.1 Å². The van der Waals surface area contributed by atoms with Gasteiger partial charge in [-0.15, -0.1) is 0 Å². The van der Waals surface area contributed by atoms with Crippen molar-refractivity contribution >= 4 is 5.97 Å². The molecule has 0 unspecified atom stereocenters. The van der Waals surface area contributed by atoms with E-state index in [1.807, 2.05) is 24.5 Å². The molecule has 2 heterocycles. The van der Waals surface area contributed by atoms with Gasteiger partial charge in [-0.05, 0) is 16.7 Å². The molecule has 5 rings (SSSR count). The average Bonchev–Trinajstić information content (AvgIpc) is 3.30. The van der Waals surface area contributed by atoms with Crippen LogP contribution in [0.1, 0.15) is 28.1 Å². The van der Waals surface area contributed by atoms with E-state index >= 15 is 0 Å².